The van der Waals surface area contributed by atoms with Crippen molar-refractivity contribution in [3.05, 3.63) is 41.6 Å². The van der Waals surface area contributed by atoms with Gasteiger partial charge in [0.25, 0.3) is 5.91 Å². The lowest BCUT2D eigenvalue weighted by Crippen LogP contribution is -2.27. The topological polar surface area (TPSA) is 83.4 Å². The van der Waals surface area contributed by atoms with Gasteiger partial charge in [-0.25, -0.2) is 0 Å². The van der Waals surface area contributed by atoms with E-state index in [2.05, 4.69) is 10.6 Å². The van der Waals surface area contributed by atoms with Crippen molar-refractivity contribution in [1.29, 1.82) is 5.26 Å². The predicted octanol–water partition coefficient (Wildman–Crippen LogP) is 1.34. The largest absolute Gasteiger partial charge is 0.497 e. The van der Waals surface area contributed by atoms with Crippen LogP contribution in [0.2, 0.25) is 0 Å². The monoisotopic (exact) mass is 303 g/mol. The van der Waals surface area contributed by atoms with Gasteiger partial charge in [-0.2, -0.15) is 5.26 Å². The fourth-order valence-corrected chi connectivity index (χ4v) is 1.68. The molecule has 1 aromatic rings. The molecule has 0 heterocycles. The van der Waals surface area contributed by atoms with Gasteiger partial charge >= 0.3 is 0 Å². The molecule has 6 heteroatoms. The van der Waals surface area contributed by atoms with E-state index in [4.69, 9.17) is 14.7 Å². The Morgan fingerprint density at radius 2 is 2.05 bits per heavy atom. The van der Waals surface area contributed by atoms with Crippen molar-refractivity contribution in [2.75, 3.05) is 27.4 Å². The summed E-state index contributed by atoms with van der Waals surface area (Å²) in [5.41, 5.74) is 1.07. The van der Waals surface area contributed by atoms with Gasteiger partial charge in [0.05, 0.1) is 7.11 Å². The average Bonchev–Trinajstić information content (AvgIpc) is 2.56. The van der Waals surface area contributed by atoms with E-state index in [1.54, 1.807) is 14.2 Å². The number of nitrogens with zero attached hydrogens (tertiary/aromatic N) is 1. The summed E-state index contributed by atoms with van der Waals surface area (Å²) in [5.74, 6) is 0.397. The van der Waals surface area contributed by atoms with Gasteiger partial charge in [0.2, 0.25) is 0 Å². The first kappa shape index (κ1) is 17.5. The molecule has 22 heavy (non-hydrogen) atoms. The lowest BCUT2D eigenvalue weighted by molar-refractivity contribution is -0.117. The average molecular weight is 303 g/mol. The Balaban J connectivity index is 2.43. The molecule has 0 aliphatic rings. The normalized spacial score (nSPS) is 10.7. The Morgan fingerprint density at radius 1 is 1.32 bits per heavy atom. The van der Waals surface area contributed by atoms with Crippen LogP contribution in [0.15, 0.2) is 36.0 Å². The first-order valence-electron chi connectivity index (χ1n) is 6.95. The van der Waals surface area contributed by atoms with Crippen molar-refractivity contribution >= 4 is 5.91 Å². The molecule has 118 valence electrons. The van der Waals surface area contributed by atoms with Crippen molar-refractivity contribution in [2.24, 2.45) is 0 Å². The lowest BCUT2D eigenvalue weighted by Gasteiger charge is -2.06. The molecule has 0 aliphatic heterocycles. The van der Waals surface area contributed by atoms with Gasteiger partial charge in [-0.3, -0.25) is 4.79 Å². The van der Waals surface area contributed by atoms with Crippen LogP contribution < -0.4 is 15.4 Å². The minimum Gasteiger partial charge on any atom is -0.497 e. The number of methoxy groups -OCH3 is 2. The number of nitriles is 1. The SMILES string of the molecule is COCCCNC(=O)/C(C#N)=C\NCc1ccc(OC)cc1. The van der Waals surface area contributed by atoms with E-state index in [-0.39, 0.29) is 11.5 Å². The van der Waals surface area contributed by atoms with Gasteiger partial charge in [-0.15, -0.1) is 0 Å². The van der Waals surface area contributed by atoms with E-state index >= 15 is 0 Å². The summed E-state index contributed by atoms with van der Waals surface area (Å²) in [6, 6.07) is 9.42. The predicted molar refractivity (Wildman–Crippen MR) is 83.0 cm³/mol. The molecule has 0 fully saturated rings. The van der Waals surface area contributed by atoms with Crippen LogP contribution in [0, 0.1) is 11.3 Å². The Bertz CT molecular complexity index is 533. The molecule has 0 saturated heterocycles. The summed E-state index contributed by atoms with van der Waals surface area (Å²) in [6.07, 6.45) is 2.14. The molecule has 0 bridgehead atoms. The number of benzene rings is 1. The second kappa shape index (κ2) is 10.2. The van der Waals surface area contributed by atoms with Crippen molar-refractivity contribution < 1.29 is 14.3 Å². The highest BCUT2D eigenvalue weighted by molar-refractivity contribution is 5.97. The number of hydrogen-bond acceptors (Lipinski definition) is 5. The van der Waals surface area contributed by atoms with Crippen LogP contribution in [0.25, 0.3) is 0 Å². The number of hydrogen-bond donors (Lipinski definition) is 2. The van der Waals surface area contributed by atoms with E-state index in [0.29, 0.717) is 26.1 Å². The Kier molecular flexibility index (Phi) is 8.16. The van der Waals surface area contributed by atoms with Crippen LogP contribution in [-0.4, -0.2) is 33.3 Å². The molecule has 0 aromatic heterocycles. The van der Waals surface area contributed by atoms with Gasteiger partial charge in [0.15, 0.2) is 0 Å². The molecular weight excluding hydrogens is 282 g/mol. The van der Waals surface area contributed by atoms with Gasteiger partial charge in [0.1, 0.15) is 17.4 Å². The summed E-state index contributed by atoms with van der Waals surface area (Å²) in [5, 5.41) is 14.6. The number of ether oxygens (including phenoxy) is 2. The zero-order valence-electron chi connectivity index (χ0n) is 12.9. The van der Waals surface area contributed by atoms with Crippen LogP contribution in [0.3, 0.4) is 0 Å². The van der Waals surface area contributed by atoms with Gasteiger partial charge in [-0.05, 0) is 24.1 Å². The molecular formula is C16H21N3O3. The van der Waals surface area contributed by atoms with E-state index in [0.717, 1.165) is 11.3 Å². The highest BCUT2D eigenvalue weighted by Crippen LogP contribution is 2.10. The van der Waals surface area contributed by atoms with Crippen LogP contribution in [0.4, 0.5) is 0 Å². The number of rotatable bonds is 9. The molecule has 1 aromatic carbocycles. The van der Waals surface area contributed by atoms with E-state index in [9.17, 15) is 4.79 Å². The van der Waals surface area contributed by atoms with Crippen LogP contribution in [0.1, 0.15) is 12.0 Å². The summed E-state index contributed by atoms with van der Waals surface area (Å²) >= 11 is 0. The van der Waals surface area contributed by atoms with Crippen LogP contribution in [-0.2, 0) is 16.1 Å². The van der Waals surface area contributed by atoms with Crippen molar-refractivity contribution in [2.45, 2.75) is 13.0 Å². The molecule has 0 saturated carbocycles. The smallest absolute Gasteiger partial charge is 0.263 e. The third-order valence-corrected chi connectivity index (χ3v) is 2.89. The second-order valence-electron chi connectivity index (χ2n) is 4.50. The maximum Gasteiger partial charge on any atom is 0.263 e. The number of amides is 1. The van der Waals surface area contributed by atoms with E-state index in [1.165, 1.54) is 6.20 Å². The molecule has 2 N–H and O–H groups in total. The number of nitrogens with one attached hydrogen (secondary N) is 2. The number of carbonyl (C=O) groups is 1. The van der Waals surface area contributed by atoms with Crippen LogP contribution >= 0.6 is 0 Å². The van der Waals surface area contributed by atoms with Gasteiger partial charge in [0, 0.05) is 33.0 Å². The fraction of sp³-hybridized carbons (Fsp3) is 0.375. The highest BCUT2D eigenvalue weighted by atomic mass is 16.5. The zero-order chi connectivity index (χ0) is 16.2. The second-order valence-corrected chi connectivity index (χ2v) is 4.50. The molecule has 1 rings (SSSR count). The Morgan fingerprint density at radius 3 is 2.64 bits per heavy atom. The lowest BCUT2D eigenvalue weighted by atomic mass is 10.2. The van der Waals surface area contributed by atoms with E-state index in [1.807, 2.05) is 30.3 Å². The quantitative estimate of drug-likeness (QED) is 0.409. The Labute approximate surface area is 130 Å². The first-order valence-corrected chi connectivity index (χ1v) is 6.95. The fourth-order valence-electron chi connectivity index (χ4n) is 1.68. The molecule has 1 amide bonds. The summed E-state index contributed by atoms with van der Waals surface area (Å²) in [4.78, 5) is 11.8. The molecule has 0 radical (unpaired) electrons. The van der Waals surface area contributed by atoms with Crippen molar-refractivity contribution in [1.82, 2.24) is 10.6 Å². The van der Waals surface area contributed by atoms with E-state index < -0.39 is 0 Å². The molecule has 0 atom stereocenters. The summed E-state index contributed by atoms with van der Waals surface area (Å²) < 4.78 is 9.97. The summed E-state index contributed by atoms with van der Waals surface area (Å²) in [6.45, 7) is 1.57. The minimum atomic E-state index is -0.388. The Hall–Kier alpha value is -2.52. The summed E-state index contributed by atoms with van der Waals surface area (Å²) in [7, 11) is 3.21. The van der Waals surface area contributed by atoms with Crippen LogP contribution in [0.5, 0.6) is 5.75 Å². The highest BCUT2D eigenvalue weighted by Gasteiger charge is 2.07. The molecule has 0 aliphatic carbocycles. The standard InChI is InChI=1S/C16H21N3O3/c1-21-9-3-8-19-16(20)14(10-17)12-18-11-13-4-6-15(22-2)7-5-13/h4-7,12,18H,3,8-9,11H2,1-2H3,(H,19,20)/b14-12-. The maximum absolute atomic E-state index is 11.8. The third-order valence-electron chi connectivity index (χ3n) is 2.89. The van der Waals surface area contributed by atoms with Crippen molar-refractivity contribution in [3.8, 4) is 11.8 Å². The van der Waals surface area contributed by atoms with Crippen molar-refractivity contribution in [3.63, 3.8) is 0 Å². The molecule has 0 spiro atoms. The third kappa shape index (κ3) is 6.29. The van der Waals surface area contributed by atoms with Gasteiger partial charge < -0.3 is 20.1 Å². The number of carbonyl (C=O) groups excluding carboxylic acids is 1. The molecule has 0 unspecified atom stereocenters. The maximum atomic E-state index is 11.8. The first-order chi connectivity index (χ1) is 10.7. The molecule has 6 nitrogen and oxygen atoms in total. The van der Waals surface area contributed by atoms with Gasteiger partial charge in [-0.1, -0.05) is 12.1 Å². The zero-order valence-corrected chi connectivity index (χ0v) is 12.9. The minimum absolute atomic E-state index is 0.0472.